The van der Waals surface area contributed by atoms with Gasteiger partial charge in [0.2, 0.25) is 11.8 Å². The largest absolute Gasteiger partial charge is 0.480 e. The van der Waals surface area contributed by atoms with Gasteiger partial charge in [0.05, 0.1) is 0 Å². The third-order valence-electron chi connectivity index (χ3n) is 3.45. The standard InChI is InChI=1S/C15H17NO4/c1-10-7-13(17)16(14(18)8-10)12(15(19)20)9-11-5-3-2-4-6-11/h2-6,10,12H,7-9H2,1H3,(H,19,20). The van der Waals surface area contributed by atoms with E-state index in [0.717, 1.165) is 10.5 Å². The molecule has 0 saturated carbocycles. The molecule has 5 nitrogen and oxygen atoms in total. The second-order valence-corrected chi connectivity index (χ2v) is 5.21. The van der Waals surface area contributed by atoms with Crippen LogP contribution in [0, 0.1) is 5.92 Å². The van der Waals surface area contributed by atoms with Gasteiger partial charge in [-0.3, -0.25) is 14.5 Å². The molecule has 20 heavy (non-hydrogen) atoms. The highest BCUT2D eigenvalue weighted by Crippen LogP contribution is 2.22. The van der Waals surface area contributed by atoms with Crippen LogP contribution in [0.1, 0.15) is 25.3 Å². The van der Waals surface area contributed by atoms with E-state index in [1.54, 1.807) is 24.3 Å². The molecule has 1 aliphatic rings. The lowest BCUT2D eigenvalue weighted by Crippen LogP contribution is -2.52. The van der Waals surface area contributed by atoms with E-state index in [1.165, 1.54) is 0 Å². The smallest absolute Gasteiger partial charge is 0.327 e. The van der Waals surface area contributed by atoms with Crippen molar-refractivity contribution in [3.63, 3.8) is 0 Å². The number of carbonyl (C=O) groups excluding carboxylic acids is 2. The summed E-state index contributed by atoms with van der Waals surface area (Å²) in [5.74, 6) is -1.95. The summed E-state index contributed by atoms with van der Waals surface area (Å²) in [5, 5.41) is 9.34. The van der Waals surface area contributed by atoms with E-state index in [4.69, 9.17) is 0 Å². The molecule has 1 aromatic rings. The molecule has 0 aromatic heterocycles. The van der Waals surface area contributed by atoms with Gasteiger partial charge in [-0.1, -0.05) is 37.3 Å². The van der Waals surface area contributed by atoms with Crippen LogP contribution >= 0.6 is 0 Å². The van der Waals surface area contributed by atoms with Crippen molar-refractivity contribution < 1.29 is 19.5 Å². The summed E-state index contributed by atoms with van der Waals surface area (Å²) in [6, 6.07) is 7.89. The van der Waals surface area contributed by atoms with Gasteiger partial charge in [-0.05, 0) is 11.5 Å². The second-order valence-electron chi connectivity index (χ2n) is 5.21. The molecular weight excluding hydrogens is 258 g/mol. The van der Waals surface area contributed by atoms with E-state index in [1.807, 2.05) is 13.0 Å². The number of imide groups is 1. The first-order valence-electron chi connectivity index (χ1n) is 6.60. The molecule has 1 aliphatic heterocycles. The van der Waals surface area contributed by atoms with Crippen LogP contribution in [0.15, 0.2) is 30.3 Å². The summed E-state index contributed by atoms with van der Waals surface area (Å²) in [5.41, 5.74) is 0.791. The Morgan fingerprint density at radius 3 is 2.30 bits per heavy atom. The first-order valence-corrected chi connectivity index (χ1v) is 6.60. The molecule has 2 amide bonds. The van der Waals surface area contributed by atoms with E-state index in [0.29, 0.717) is 0 Å². The average Bonchev–Trinajstić information content (AvgIpc) is 2.37. The molecule has 106 valence electrons. The Bertz CT molecular complexity index is 508. The maximum absolute atomic E-state index is 12.0. The van der Waals surface area contributed by atoms with Crippen LogP contribution < -0.4 is 0 Å². The number of carboxylic acids is 1. The zero-order valence-electron chi connectivity index (χ0n) is 11.3. The van der Waals surface area contributed by atoms with Gasteiger partial charge >= 0.3 is 5.97 Å². The zero-order chi connectivity index (χ0) is 14.7. The third-order valence-corrected chi connectivity index (χ3v) is 3.45. The van der Waals surface area contributed by atoms with Gasteiger partial charge in [0.25, 0.3) is 0 Å². The summed E-state index contributed by atoms with van der Waals surface area (Å²) in [6.07, 6.45) is 0.594. The highest BCUT2D eigenvalue weighted by molar-refractivity contribution is 6.01. The minimum atomic E-state index is -1.15. The molecule has 1 saturated heterocycles. The minimum absolute atomic E-state index is 0.0163. The number of amides is 2. The molecule has 0 radical (unpaired) electrons. The van der Waals surface area contributed by atoms with Gasteiger partial charge in [-0.25, -0.2) is 4.79 Å². The normalized spacial score (nSPS) is 18.1. The maximum atomic E-state index is 12.0. The van der Waals surface area contributed by atoms with Gasteiger partial charge in [0, 0.05) is 19.3 Å². The quantitative estimate of drug-likeness (QED) is 0.844. The van der Waals surface area contributed by atoms with Crippen molar-refractivity contribution in [2.45, 2.75) is 32.2 Å². The molecule has 5 heteroatoms. The van der Waals surface area contributed by atoms with Crippen LogP contribution in [-0.4, -0.2) is 33.8 Å². The molecular formula is C15H17NO4. The van der Waals surface area contributed by atoms with E-state index in [9.17, 15) is 19.5 Å². The average molecular weight is 275 g/mol. The topological polar surface area (TPSA) is 74.7 Å². The summed E-state index contributed by atoms with van der Waals surface area (Å²) < 4.78 is 0. The van der Waals surface area contributed by atoms with Crippen molar-refractivity contribution in [2.24, 2.45) is 5.92 Å². The molecule has 1 N–H and O–H groups in total. The molecule has 1 aromatic carbocycles. The summed E-state index contributed by atoms with van der Waals surface area (Å²) in [6.45, 7) is 1.82. The number of rotatable bonds is 4. The summed E-state index contributed by atoms with van der Waals surface area (Å²) >= 11 is 0. The predicted octanol–water partition coefficient (Wildman–Crippen LogP) is 1.47. The van der Waals surface area contributed by atoms with Gasteiger partial charge in [0.1, 0.15) is 6.04 Å². The van der Waals surface area contributed by atoms with Crippen molar-refractivity contribution in [2.75, 3.05) is 0 Å². The Labute approximate surface area is 117 Å². The first-order chi connectivity index (χ1) is 9.49. The predicted molar refractivity (Wildman–Crippen MR) is 71.8 cm³/mol. The number of aliphatic carboxylic acids is 1. The van der Waals surface area contributed by atoms with Crippen LogP contribution in [0.5, 0.6) is 0 Å². The Hall–Kier alpha value is -2.17. The first kappa shape index (κ1) is 14.2. The highest BCUT2D eigenvalue weighted by atomic mass is 16.4. The molecule has 0 bridgehead atoms. The number of hydrogen-bond acceptors (Lipinski definition) is 3. The zero-order valence-corrected chi connectivity index (χ0v) is 11.3. The van der Waals surface area contributed by atoms with Crippen LogP contribution in [0.25, 0.3) is 0 Å². The van der Waals surface area contributed by atoms with Crippen LogP contribution in [0.2, 0.25) is 0 Å². The molecule has 1 heterocycles. The fourth-order valence-electron chi connectivity index (χ4n) is 2.48. The minimum Gasteiger partial charge on any atom is -0.480 e. The number of carbonyl (C=O) groups is 3. The van der Waals surface area contributed by atoms with E-state index < -0.39 is 23.8 Å². The Morgan fingerprint density at radius 1 is 1.25 bits per heavy atom. The molecule has 0 spiro atoms. The number of benzene rings is 1. The van der Waals surface area contributed by atoms with Crippen molar-refractivity contribution in [1.82, 2.24) is 4.90 Å². The Morgan fingerprint density at radius 2 is 1.80 bits per heavy atom. The van der Waals surface area contributed by atoms with E-state index >= 15 is 0 Å². The Balaban J connectivity index is 2.22. The third kappa shape index (κ3) is 3.04. The molecule has 1 fully saturated rings. The number of carboxylic acid groups (broad SMARTS) is 1. The van der Waals surface area contributed by atoms with Crippen LogP contribution in [0.3, 0.4) is 0 Å². The highest BCUT2D eigenvalue weighted by Gasteiger charge is 2.38. The fourth-order valence-corrected chi connectivity index (χ4v) is 2.48. The monoisotopic (exact) mass is 275 g/mol. The lowest BCUT2D eigenvalue weighted by atomic mass is 9.94. The maximum Gasteiger partial charge on any atom is 0.327 e. The number of likely N-dealkylation sites (tertiary alicyclic amines) is 1. The SMILES string of the molecule is CC1CC(=O)N(C(Cc2ccccc2)C(=O)O)C(=O)C1. The van der Waals surface area contributed by atoms with Crippen molar-refractivity contribution in [3.05, 3.63) is 35.9 Å². The van der Waals surface area contributed by atoms with Crippen molar-refractivity contribution in [3.8, 4) is 0 Å². The molecule has 2 rings (SSSR count). The van der Waals surface area contributed by atoms with E-state index in [-0.39, 0.29) is 25.2 Å². The Kier molecular flexibility index (Phi) is 4.17. The van der Waals surface area contributed by atoms with Gasteiger partial charge < -0.3 is 5.11 Å². The van der Waals surface area contributed by atoms with Crippen molar-refractivity contribution in [1.29, 1.82) is 0 Å². The lowest BCUT2D eigenvalue weighted by molar-refractivity contribution is -0.161. The van der Waals surface area contributed by atoms with Gasteiger partial charge in [0.15, 0.2) is 0 Å². The summed E-state index contributed by atoms with van der Waals surface area (Å²) in [4.78, 5) is 36.3. The number of nitrogens with zero attached hydrogens (tertiary/aromatic N) is 1. The summed E-state index contributed by atoms with van der Waals surface area (Å²) in [7, 11) is 0. The number of piperidine rings is 1. The molecule has 0 aliphatic carbocycles. The fraction of sp³-hybridized carbons (Fsp3) is 0.400. The number of hydrogen-bond donors (Lipinski definition) is 1. The van der Waals surface area contributed by atoms with Gasteiger partial charge in [-0.15, -0.1) is 0 Å². The lowest BCUT2D eigenvalue weighted by Gasteiger charge is -2.32. The second kappa shape index (κ2) is 5.86. The molecule has 1 unspecified atom stereocenters. The molecule has 1 atom stereocenters. The van der Waals surface area contributed by atoms with Crippen molar-refractivity contribution >= 4 is 17.8 Å². The van der Waals surface area contributed by atoms with Crippen LogP contribution in [0.4, 0.5) is 0 Å². The van der Waals surface area contributed by atoms with E-state index in [2.05, 4.69) is 0 Å². The van der Waals surface area contributed by atoms with Crippen LogP contribution in [-0.2, 0) is 20.8 Å². The van der Waals surface area contributed by atoms with Gasteiger partial charge in [-0.2, -0.15) is 0 Å².